The van der Waals surface area contributed by atoms with E-state index in [2.05, 4.69) is 5.32 Å². The van der Waals surface area contributed by atoms with Crippen LogP contribution in [0.25, 0.3) is 0 Å². The van der Waals surface area contributed by atoms with Gasteiger partial charge in [-0.25, -0.2) is 0 Å². The van der Waals surface area contributed by atoms with Crippen LogP contribution < -0.4 is 10.1 Å². The third-order valence-electron chi connectivity index (χ3n) is 2.96. The molecule has 1 aromatic rings. The van der Waals surface area contributed by atoms with Crippen LogP contribution in [0.4, 0.5) is 0 Å². The van der Waals surface area contributed by atoms with E-state index in [9.17, 15) is 9.90 Å². The van der Waals surface area contributed by atoms with Gasteiger partial charge in [0.05, 0.1) is 13.2 Å². The highest BCUT2D eigenvalue weighted by Crippen LogP contribution is 2.26. The minimum atomic E-state index is -0.219. The van der Waals surface area contributed by atoms with Crippen LogP contribution >= 0.6 is 0 Å². The van der Waals surface area contributed by atoms with Gasteiger partial charge >= 0.3 is 0 Å². The van der Waals surface area contributed by atoms with Gasteiger partial charge in [0.15, 0.2) is 11.5 Å². The zero-order valence-electron chi connectivity index (χ0n) is 10.3. The molecule has 0 aromatic heterocycles. The second-order valence-electron chi connectivity index (χ2n) is 4.23. The van der Waals surface area contributed by atoms with E-state index >= 15 is 0 Å². The van der Waals surface area contributed by atoms with Crippen LogP contribution in [0.1, 0.15) is 23.2 Å². The summed E-state index contributed by atoms with van der Waals surface area (Å²) in [6, 6.07) is 4.57. The summed E-state index contributed by atoms with van der Waals surface area (Å²) in [5.41, 5.74) is 0.409. The number of amides is 1. The molecule has 1 heterocycles. The van der Waals surface area contributed by atoms with Gasteiger partial charge in [0.25, 0.3) is 5.91 Å². The molecule has 1 aliphatic heterocycles. The zero-order chi connectivity index (χ0) is 13.0. The molecular weight excluding hydrogens is 234 g/mol. The molecule has 0 saturated carbocycles. The number of carbonyl (C=O) groups is 1. The number of phenols is 1. The van der Waals surface area contributed by atoms with E-state index in [1.54, 1.807) is 12.1 Å². The number of hydrogen-bond acceptors (Lipinski definition) is 4. The number of hydrogen-bond donors (Lipinski definition) is 2. The fraction of sp³-hybridized carbons (Fsp3) is 0.462. The van der Waals surface area contributed by atoms with Gasteiger partial charge in [-0.15, -0.1) is 0 Å². The lowest BCUT2D eigenvalue weighted by Gasteiger charge is -2.11. The van der Waals surface area contributed by atoms with E-state index in [1.165, 1.54) is 13.2 Å². The van der Waals surface area contributed by atoms with Crippen molar-refractivity contribution >= 4 is 5.91 Å². The van der Waals surface area contributed by atoms with E-state index < -0.39 is 0 Å². The Morgan fingerprint density at radius 1 is 1.61 bits per heavy atom. The average molecular weight is 251 g/mol. The monoisotopic (exact) mass is 251 g/mol. The minimum Gasteiger partial charge on any atom is -0.504 e. The van der Waals surface area contributed by atoms with Gasteiger partial charge in [-0.2, -0.15) is 0 Å². The average Bonchev–Trinajstić information content (AvgIpc) is 2.89. The first-order chi connectivity index (χ1) is 8.70. The molecule has 1 unspecified atom stereocenters. The third kappa shape index (κ3) is 2.92. The number of nitrogens with one attached hydrogen (secondary N) is 1. The van der Waals surface area contributed by atoms with Gasteiger partial charge in [0, 0.05) is 18.7 Å². The quantitative estimate of drug-likeness (QED) is 0.846. The van der Waals surface area contributed by atoms with Crippen molar-refractivity contribution in [1.29, 1.82) is 0 Å². The van der Waals surface area contributed by atoms with Crippen molar-refractivity contribution in [3.8, 4) is 11.5 Å². The lowest BCUT2D eigenvalue weighted by atomic mass is 10.2. The molecule has 2 rings (SSSR count). The predicted octanol–water partition coefficient (Wildman–Crippen LogP) is 1.31. The Morgan fingerprint density at radius 2 is 2.44 bits per heavy atom. The van der Waals surface area contributed by atoms with Crippen molar-refractivity contribution in [2.75, 3.05) is 20.3 Å². The Morgan fingerprint density at radius 3 is 3.06 bits per heavy atom. The molecule has 98 valence electrons. The lowest BCUT2D eigenvalue weighted by molar-refractivity contribution is 0.0857. The second-order valence-corrected chi connectivity index (χ2v) is 4.23. The van der Waals surface area contributed by atoms with Crippen molar-refractivity contribution in [3.63, 3.8) is 0 Å². The SMILES string of the molecule is COc1ccc(C(=O)NCC2CCCO2)cc1O. The van der Waals surface area contributed by atoms with Gasteiger partial charge < -0.3 is 19.9 Å². The Balaban J connectivity index is 1.93. The Bertz CT molecular complexity index is 427. The van der Waals surface area contributed by atoms with E-state index in [1.807, 2.05) is 0 Å². The van der Waals surface area contributed by atoms with Crippen LogP contribution in [0, 0.1) is 0 Å². The van der Waals surface area contributed by atoms with Crippen molar-refractivity contribution < 1.29 is 19.4 Å². The maximum Gasteiger partial charge on any atom is 0.251 e. The van der Waals surface area contributed by atoms with Gasteiger partial charge in [-0.05, 0) is 31.0 Å². The molecule has 0 spiro atoms. The number of methoxy groups -OCH3 is 1. The summed E-state index contributed by atoms with van der Waals surface area (Å²) >= 11 is 0. The first-order valence-corrected chi connectivity index (χ1v) is 5.97. The van der Waals surface area contributed by atoms with E-state index in [0.717, 1.165) is 19.4 Å². The van der Waals surface area contributed by atoms with Crippen LogP contribution in [-0.4, -0.2) is 37.4 Å². The first kappa shape index (κ1) is 12.7. The van der Waals surface area contributed by atoms with Gasteiger partial charge in [0.2, 0.25) is 0 Å². The molecule has 0 bridgehead atoms. The number of ether oxygens (including phenoxy) is 2. The minimum absolute atomic E-state index is 0.0396. The molecule has 1 atom stereocenters. The largest absolute Gasteiger partial charge is 0.504 e. The maximum atomic E-state index is 11.8. The summed E-state index contributed by atoms with van der Waals surface area (Å²) in [6.07, 6.45) is 2.14. The summed E-state index contributed by atoms with van der Waals surface area (Å²) in [5, 5.41) is 12.4. The smallest absolute Gasteiger partial charge is 0.251 e. The van der Waals surface area contributed by atoms with E-state index in [-0.39, 0.29) is 17.8 Å². The highest BCUT2D eigenvalue weighted by atomic mass is 16.5. The van der Waals surface area contributed by atoms with Crippen LogP contribution in [0.3, 0.4) is 0 Å². The van der Waals surface area contributed by atoms with Gasteiger partial charge in [-0.3, -0.25) is 4.79 Å². The Hall–Kier alpha value is -1.75. The molecule has 5 nitrogen and oxygen atoms in total. The molecule has 1 aliphatic rings. The fourth-order valence-corrected chi connectivity index (χ4v) is 1.95. The van der Waals surface area contributed by atoms with Crippen LogP contribution in [0.5, 0.6) is 11.5 Å². The number of aromatic hydroxyl groups is 1. The van der Waals surface area contributed by atoms with Gasteiger partial charge in [-0.1, -0.05) is 0 Å². The molecule has 5 heteroatoms. The van der Waals surface area contributed by atoms with Crippen LogP contribution in [-0.2, 0) is 4.74 Å². The lowest BCUT2D eigenvalue weighted by Crippen LogP contribution is -2.31. The summed E-state index contributed by atoms with van der Waals surface area (Å²) in [6.45, 7) is 1.27. The van der Waals surface area contributed by atoms with Crippen LogP contribution in [0.2, 0.25) is 0 Å². The maximum absolute atomic E-state index is 11.8. The third-order valence-corrected chi connectivity index (χ3v) is 2.96. The molecule has 1 saturated heterocycles. The normalized spacial score (nSPS) is 18.6. The Kier molecular flexibility index (Phi) is 4.04. The van der Waals surface area contributed by atoms with Crippen LogP contribution in [0.15, 0.2) is 18.2 Å². The highest BCUT2D eigenvalue weighted by Gasteiger charge is 2.17. The van der Waals surface area contributed by atoms with Gasteiger partial charge in [0.1, 0.15) is 0 Å². The van der Waals surface area contributed by atoms with E-state index in [0.29, 0.717) is 17.9 Å². The molecule has 18 heavy (non-hydrogen) atoms. The van der Waals surface area contributed by atoms with Crippen molar-refractivity contribution in [1.82, 2.24) is 5.32 Å². The number of phenolic OH excluding ortho intramolecular Hbond substituents is 1. The molecule has 0 aliphatic carbocycles. The highest BCUT2D eigenvalue weighted by molar-refractivity contribution is 5.94. The molecule has 1 fully saturated rings. The summed E-state index contributed by atoms with van der Waals surface area (Å²) in [7, 11) is 1.46. The zero-order valence-corrected chi connectivity index (χ0v) is 10.3. The second kappa shape index (κ2) is 5.73. The standard InChI is InChI=1S/C13H17NO4/c1-17-12-5-4-9(7-11(12)15)13(16)14-8-10-3-2-6-18-10/h4-5,7,10,15H,2-3,6,8H2,1H3,(H,14,16). The molecule has 0 radical (unpaired) electrons. The summed E-state index contributed by atoms with van der Waals surface area (Å²) in [4.78, 5) is 11.8. The van der Waals surface area contributed by atoms with Crippen molar-refractivity contribution in [2.24, 2.45) is 0 Å². The topological polar surface area (TPSA) is 67.8 Å². The Labute approximate surface area is 106 Å². The molecular formula is C13H17NO4. The summed E-state index contributed by atoms with van der Waals surface area (Å²) in [5.74, 6) is 0.0939. The molecule has 1 aromatic carbocycles. The molecule has 2 N–H and O–H groups in total. The summed E-state index contributed by atoms with van der Waals surface area (Å²) < 4.78 is 10.3. The van der Waals surface area contributed by atoms with E-state index in [4.69, 9.17) is 9.47 Å². The molecule has 1 amide bonds. The van der Waals surface area contributed by atoms with Crippen molar-refractivity contribution in [3.05, 3.63) is 23.8 Å². The fourth-order valence-electron chi connectivity index (χ4n) is 1.95. The predicted molar refractivity (Wildman–Crippen MR) is 66.0 cm³/mol. The number of carbonyl (C=O) groups excluding carboxylic acids is 1. The first-order valence-electron chi connectivity index (χ1n) is 5.97. The number of rotatable bonds is 4. The van der Waals surface area contributed by atoms with Crippen molar-refractivity contribution in [2.45, 2.75) is 18.9 Å². The number of benzene rings is 1.